The van der Waals surface area contributed by atoms with Gasteiger partial charge in [-0.15, -0.1) is 0 Å². The summed E-state index contributed by atoms with van der Waals surface area (Å²) in [4.78, 5) is 12.0. The van der Waals surface area contributed by atoms with E-state index in [1.807, 2.05) is 0 Å². The Morgan fingerprint density at radius 1 is 1.10 bits per heavy atom. The van der Waals surface area contributed by atoms with Gasteiger partial charge in [-0.1, -0.05) is 18.2 Å². The highest BCUT2D eigenvalue weighted by Crippen LogP contribution is 2.25. The SMILES string of the molecule is O=C(/C=C/c1ccc(S(=O)(=O)NCc2ccco2)cc1)Nc1c(O)cccc1F. The molecule has 3 N–H and O–H groups in total. The number of hydrogen-bond acceptors (Lipinski definition) is 5. The maximum atomic E-state index is 13.6. The van der Waals surface area contributed by atoms with Crippen LogP contribution in [0, 0.1) is 5.82 Å². The number of para-hydroxylation sites is 1. The van der Waals surface area contributed by atoms with Gasteiger partial charge < -0.3 is 14.8 Å². The second-order valence-corrected chi connectivity index (χ2v) is 7.70. The molecule has 0 saturated carbocycles. The van der Waals surface area contributed by atoms with Crippen LogP contribution in [0.3, 0.4) is 0 Å². The largest absolute Gasteiger partial charge is 0.506 e. The van der Waals surface area contributed by atoms with Crippen LogP contribution in [0.2, 0.25) is 0 Å². The predicted molar refractivity (Wildman–Crippen MR) is 105 cm³/mol. The number of carbonyl (C=O) groups is 1. The van der Waals surface area contributed by atoms with Crippen LogP contribution in [0.5, 0.6) is 5.75 Å². The summed E-state index contributed by atoms with van der Waals surface area (Å²) < 4.78 is 45.7. The number of aromatic hydroxyl groups is 1. The molecule has 0 saturated heterocycles. The molecule has 0 atom stereocenters. The summed E-state index contributed by atoms with van der Waals surface area (Å²) in [6.45, 7) is 0.0278. The number of benzene rings is 2. The van der Waals surface area contributed by atoms with Crippen LogP contribution in [0.1, 0.15) is 11.3 Å². The fraction of sp³-hybridized carbons (Fsp3) is 0.0500. The van der Waals surface area contributed by atoms with Crippen LogP contribution in [0.25, 0.3) is 6.08 Å². The first-order valence-electron chi connectivity index (χ1n) is 8.44. The van der Waals surface area contributed by atoms with Gasteiger partial charge in [-0.05, 0) is 48.0 Å². The van der Waals surface area contributed by atoms with Gasteiger partial charge in [0.25, 0.3) is 0 Å². The van der Waals surface area contributed by atoms with Gasteiger partial charge in [0.05, 0.1) is 17.7 Å². The molecule has 0 bridgehead atoms. The average Bonchev–Trinajstić information content (AvgIpc) is 3.22. The van der Waals surface area contributed by atoms with E-state index in [2.05, 4.69) is 10.0 Å². The Morgan fingerprint density at radius 3 is 2.52 bits per heavy atom. The van der Waals surface area contributed by atoms with Crippen molar-refractivity contribution in [2.75, 3.05) is 5.32 Å². The van der Waals surface area contributed by atoms with Gasteiger partial charge in [0.15, 0.2) is 5.82 Å². The average molecular weight is 416 g/mol. The van der Waals surface area contributed by atoms with Crippen molar-refractivity contribution in [2.45, 2.75) is 11.4 Å². The van der Waals surface area contributed by atoms with Crippen molar-refractivity contribution in [3.05, 3.63) is 84.1 Å². The van der Waals surface area contributed by atoms with E-state index < -0.39 is 21.7 Å². The van der Waals surface area contributed by atoms with Gasteiger partial charge >= 0.3 is 0 Å². The Bertz CT molecular complexity index is 1100. The third-order valence-electron chi connectivity index (χ3n) is 3.87. The molecule has 0 aliphatic carbocycles. The molecule has 1 aromatic heterocycles. The smallest absolute Gasteiger partial charge is 0.248 e. The molecule has 0 aliphatic rings. The number of furan rings is 1. The summed E-state index contributed by atoms with van der Waals surface area (Å²) in [5.41, 5.74) is 0.245. The van der Waals surface area contributed by atoms with Gasteiger partial charge in [-0.25, -0.2) is 17.5 Å². The van der Waals surface area contributed by atoms with Crippen molar-refractivity contribution in [1.29, 1.82) is 0 Å². The van der Waals surface area contributed by atoms with Gasteiger partial charge in [0.1, 0.15) is 17.2 Å². The number of sulfonamides is 1. The van der Waals surface area contributed by atoms with Crippen LogP contribution < -0.4 is 10.0 Å². The summed E-state index contributed by atoms with van der Waals surface area (Å²) in [5, 5.41) is 11.8. The van der Waals surface area contributed by atoms with Gasteiger partial charge in [-0.2, -0.15) is 0 Å². The van der Waals surface area contributed by atoms with E-state index in [1.54, 1.807) is 12.1 Å². The van der Waals surface area contributed by atoms with E-state index in [9.17, 15) is 22.7 Å². The molecular formula is C20H17FN2O5S. The van der Waals surface area contributed by atoms with Crippen molar-refractivity contribution < 1.29 is 27.1 Å². The Labute approximate surface area is 166 Å². The molecule has 7 nitrogen and oxygen atoms in total. The lowest BCUT2D eigenvalue weighted by molar-refractivity contribution is -0.111. The summed E-state index contributed by atoms with van der Waals surface area (Å²) in [6, 6.07) is 12.8. The normalized spacial score (nSPS) is 11.6. The molecule has 0 unspecified atom stereocenters. The fourth-order valence-corrected chi connectivity index (χ4v) is 3.39. The van der Waals surface area contributed by atoms with Crippen LogP contribution >= 0.6 is 0 Å². The van der Waals surface area contributed by atoms with E-state index in [1.165, 1.54) is 48.7 Å². The Morgan fingerprint density at radius 2 is 1.86 bits per heavy atom. The van der Waals surface area contributed by atoms with Crippen molar-refractivity contribution in [2.24, 2.45) is 0 Å². The topological polar surface area (TPSA) is 109 Å². The van der Waals surface area contributed by atoms with Crippen molar-refractivity contribution in [3.8, 4) is 5.75 Å². The van der Waals surface area contributed by atoms with Crippen molar-refractivity contribution in [1.82, 2.24) is 4.72 Å². The second kappa shape index (κ2) is 8.72. The fourth-order valence-electron chi connectivity index (χ4n) is 2.39. The second-order valence-electron chi connectivity index (χ2n) is 5.93. The molecule has 1 heterocycles. The minimum atomic E-state index is -3.72. The van der Waals surface area contributed by atoms with Crippen molar-refractivity contribution in [3.63, 3.8) is 0 Å². The van der Waals surface area contributed by atoms with Crippen LogP contribution in [0.15, 0.2) is 76.2 Å². The van der Waals surface area contributed by atoms with Gasteiger partial charge in [-0.3, -0.25) is 4.79 Å². The van der Waals surface area contributed by atoms with E-state index in [0.717, 1.165) is 12.1 Å². The first kappa shape index (κ1) is 20.3. The minimum absolute atomic E-state index is 0.0278. The molecule has 0 spiro atoms. The number of hydrogen-bond donors (Lipinski definition) is 3. The zero-order chi connectivity index (χ0) is 20.9. The highest BCUT2D eigenvalue weighted by molar-refractivity contribution is 7.89. The molecule has 3 aromatic rings. The van der Waals surface area contributed by atoms with Crippen LogP contribution in [0.4, 0.5) is 10.1 Å². The number of amides is 1. The lowest BCUT2D eigenvalue weighted by atomic mass is 10.2. The summed E-state index contributed by atoms with van der Waals surface area (Å²) in [7, 11) is -3.72. The predicted octanol–water partition coefficient (Wildman–Crippen LogP) is 3.25. The molecule has 3 rings (SSSR count). The van der Waals surface area contributed by atoms with Gasteiger partial charge in [0, 0.05) is 6.08 Å². The summed E-state index contributed by atoms with van der Waals surface area (Å²) in [5.74, 6) is -1.31. The standard InChI is InChI=1S/C20H17FN2O5S/c21-17-4-1-5-18(24)20(17)23-19(25)11-8-14-6-9-16(10-7-14)29(26,27)22-13-15-3-2-12-28-15/h1-12,22,24H,13H2,(H,23,25)/b11-8+. The first-order chi connectivity index (χ1) is 13.8. The Balaban J connectivity index is 1.63. The molecule has 0 fully saturated rings. The number of nitrogens with one attached hydrogen (secondary N) is 2. The molecule has 1 amide bonds. The molecule has 9 heteroatoms. The monoisotopic (exact) mass is 416 g/mol. The Kier molecular flexibility index (Phi) is 6.10. The van der Waals surface area contributed by atoms with Gasteiger partial charge in [0.2, 0.25) is 15.9 Å². The van der Waals surface area contributed by atoms with E-state index in [4.69, 9.17) is 4.42 Å². The summed E-state index contributed by atoms with van der Waals surface area (Å²) in [6.07, 6.45) is 4.03. The Hall–Kier alpha value is -3.43. The zero-order valence-corrected chi connectivity index (χ0v) is 15.8. The summed E-state index contributed by atoms with van der Waals surface area (Å²) >= 11 is 0. The highest BCUT2D eigenvalue weighted by atomic mass is 32.2. The lowest BCUT2D eigenvalue weighted by Gasteiger charge is -2.06. The third kappa shape index (κ3) is 5.31. The quantitative estimate of drug-likeness (QED) is 0.405. The molecule has 29 heavy (non-hydrogen) atoms. The number of carbonyl (C=O) groups excluding carboxylic acids is 1. The molecular weight excluding hydrogens is 399 g/mol. The number of rotatable bonds is 7. The van der Waals surface area contributed by atoms with E-state index >= 15 is 0 Å². The molecule has 2 aromatic carbocycles. The maximum absolute atomic E-state index is 13.6. The number of phenols is 1. The molecule has 0 aliphatic heterocycles. The number of phenolic OH excluding ortho intramolecular Hbond substituents is 1. The van der Waals surface area contributed by atoms with Crippen LogP contribution in [-0.4, -0.2) is 19.4 Å². The first-order valence-corrected chi connectivity index (χ1v) is 9.92. The van der Waals surface area contributed by atoms with E-state index in [0.29, 0.717) is 11.3 Å². The van der Waals surface area contributed by atoms with Crippen LogP contribution in [-0.2, 0) is 21.4 Å². The molecule has 150 valence electrons. The minimum Gasteiger partial charge on any atom is -0.506 e. The van der Waals surface area contributed by atoms with E-state index in [-0.39, 0.29) is 22.9 Å². The number of halogens is 1. The van der Waals surface area contributed by atoms with Crippen molar-refractivity contribution >= 4 is 27.7 Å². The third-order valence-corrected chi connectivity index (χ3v) is 5.29. The highest BCUT2D eigenvalue weighted by Gasteiger charge is 2.14. The number of anilines is 1. The maximum Gasteiger partial charge on any atom is 0.248 e. The zero-order valence-electron chi connectivity index (χ0n) is 15.0. The lowest BCUT2D eigenvalue weighted by Crippen LogP contribution is -2.22. The molecule has 0 radical (unpaired) electrons.